The van der Waals surface area contributed by atoms with E-state index in [1.165, 1.54) is 6.20 Å². The lowest BCUT2D eigenvalue weighted by Crippen LogP contribution is -1.73. The molecule has 1 rings (SSSR count). The van der Waals surface area contributed by atoms with E-state index in [9.17, 15) is 0 Å². The third-order valence-corrected chi connectivity index (χ3v) is 0.805. The van der Waals surface area contributed by atoms with Crippen molar-refractivity contribution in [3.8, 4) is 6.07 Å². The maximum atomic E-state index is 8.40. The summed E-state index contributed by atoms with van der Waals surface area (Å²) in [7, 11) is 0. The molecule has 0 aliphatic rings. The minimum absolute atomic E-state index is 0.0148. The zero-order chi connectivity index (χ0) is 6.69. The van der Waals surface area contributed by atoms with Gasteiger partial charge >= 0.3 is 5.89 Å². The van der Waals surface area contributed by atoms with Crippen molar-refractivity contribution in [2.75, 3.05) is 0 Å². The van der Waals surface area contributed by atoms with Gasteiger partial charge in [-0.2, -0.15) is 5.26 Å². The molecule has 46 valence electrons. The van der Waals surface area contributed by atoms with Gasteiger partial charge in [-0.1, -0.05) is 0 Å². The van der Waals surface area contributed by atoms with Crippen LogP contribution in [-0.2, 0) is 6.61 Å². The van der Waals surface area contributed by atoms with Gasteiger partial charge in [0.2, 0.25) is 0 Å². The third-order valence-electron chi connectivity index (χ3n) is 0.805. The molecule has 1 aromatic rings. The number of nitrogens with zero attached hydrogens (tertiary/aromatic N) is 2. The topological polar surface area (TPSA) is 70.0 Å². The SMILES string of the molecule is N#Cc1ncc(CO)o1. The Bertz CT molecular complexity index is 235. The van der Waals surface area contributed by atoms with E-state index >= 15 is 0 Å². The Kier molecular flexibility index (Phi) is 1.47. The summed E-state index contributed by atoms with van der Waals surface area (Å²) in [5, 5.41) is 16.6. The summed E-state index contributed by atoms with van der Waals surface area (Å²) in [6.45, 7) is -0.214. The third kappa shape index (κ3) is 1.06. The van der Waals surface area contributed by atoms with E-state index in [4.69, 9.17) is 10.4 Å². The number of hydrogen-bond donors (Lipinski definition) is 1. The predicted molar refractivity (Wildman–Crippen MR) is 27.1 cm³/mol. The molecule has 4 nitrogen and oxygen atoms in total. The molecule has 0 spiro atoms. The number of rotatable bonds is 1. The van der Waals surface area contributed by atoms with Crippen molar-refractivity contribution >= 4 is 0 Å². The van der Waals surface area contributed by atoms with Crippen LogP contribution in [0.5, 0.6) is 0 Å². The van der Waals surface area contributed by atoms with Gasteiger partial charge in [0.1, 0.15) is 6.61 Å². The molecule has 0 aliphatic carbocycles. The van der Waals surface area contributed by atoms with Crippen LogP contribution in [0.1, 0.15) is 11.7 Å². The average molecular weight is 124 g/mol. The van der Waals surface area contributed by atoms with E-state index in [2.05, 4.69) is 9.40 Å². The highest BCUT2D eigenvalue weighted by Gasteiger charge is 1.98. The second kappa shape index (κ2) is 2.29. The van der Waals surface area contributed by atoms with Crippen LogP contribution in [0.4, 0.5) is 0 Å². The Balaban J connectivity index is 2.90. The second-order valence-corrected chi connectivity index (χ2v) is 1.40. The molecule has 0 aliphatic heterocycles. The smallest absolute Gasteiger partial charge is 0.300 e. The Morgan fingerprint density at radius 2 is 2.67 bits per heavy atom. The van der Waals surface area contributed by atoms with E-state index in [1.807, 2.05) is 0 Å². The van der Waals surface area contributed by atoms with Gasteiger partial charge in [-0.25, -0.2) is 4.98 Å². The van der Waals surface area contributed by atoms with E-state index in [-0.39, 0.29) is 12.5 Å². The summed E-state index contributed by atoms with van der Waals surface area (Å²) in [6, 6.07) is 1.69. The molecule has 1 heterocycles. The van der Waals surface area contributed by atoms with Crippen molar-refractivity contribution in [1.82, 2.24) is 4.98 Å². The lowest BCUT2D eigenvalue weighted by molar-refractivity contribution is 0.246. The van der Waals surface area contributed by atoms with Crippen molar-refractivity contribution in [3.05, 3.63) is 17.8 Å². The van der Waals surface area contributed by atoms with Crippen LogP contribution in [-0.4, -0.2) is 10.1 Å². The summed E-state index contributed by atoms with van der Waals surface area (Å²) >= 11 is 0. The van der Waals surface area contributed by atoms with Crippen molar-refractivity contribution in [2.45, 2.75) is 6.61 Å². The first-order valence-electron chi connectivity index (χ1n) is 2.32. The predicted octanol–water partition coefficient (Wildman–Crippen LogP) is 0.0386. The highest BCUT2D eigenvalue weighted by molar-refractivity contribution is 5.06. The van der Waals surface area contributed by atoms with Gasteiger partial charge in [-0.3, -0.25) is 0 Å². The summed E-state index contributed by atoms with van der Waals surface area (Å²) in [5.41, 5.74) is 0. The number of oxazole rings is 1. The lowest BCUT2D eigenvalue weighted by Gasteiger charge is -1.79. The van der Waals surface area contributed by atoms with Gasteiger partial charge in [0, 0.05) is 0 Å². The minimum atomic E-state index is -0.214. The van der Waals surface area contributed by atoms with E-state index in [1.54, 1.807) is 6.07 Å². The number of aliphatic hydroxyl groups excluding tert-OH is 1. The molecular weight excluding hydrogens is 120 g/mol. The van der Waals surface area contributed by atoms with Crippen LogP contribution in [0.25, 0.3) is 0 Å². The van der Waals surface area contributed by atoms with Crippen molar-refractivity contribution < 1.29 is 9.52 Å². The van der Waals surface area contributed by atoms with Gasteiger partial charge in [-0.05, 0) is 0 Å². The molecule has 0 fully saturated rings. The monoisotopic (exact) mass is 124 g/mol. The van der Waals surface area contributed by atoms with E-state index in [0.29, 0.717) is 5.76 Å². The Morgan fingerprint density at radius 1 is 1.89 bits per heavy atom. The van der Waals surface area contributed by atoms with Crippen LogP contribution < -0.4 is 0 Å². The zero-order valence-electron chi connectivity index (χ0n) is 4.53. The van der Waals surface area contributed by atoms with Gasteiger partial charge in [-0.15, -0.1) is 0 Å². The molecular formula is C5H4N2O2. The van der Waals surface area contributed by atoms with Crippen molar-refractivity contribution in [3.63, 3.8) is 0 Å². The normalized spacial score (nSPS) is 8.89. The summed E-state index contributed by atoms with van der Waals surface area (Å²) in [5.74, 6) is 0.297. The van der Waals surface area contributed by atoms with Gasteiger partial charge in [0.15, 0.2) is 11.8 Å². The zero-order valence-corrected chi connectivity index (χ0v) is 4.53. The summed E-state index contributed by atoms with van der Waals surface area (Å²) < 4.78 is 4.66. The fraction of sp³-hybridized carbons (Fsp3) is 0.200. The second-order valence-electron chi connectivity index (χ2n) is 1.40. The van der Waals surface area contributed by atoms with E-state index < -0.39 is 0 Å². The highest BCUT2D eigenvalue weighted by atomic mass is 16.4. The van der Waals surface area contributed by atoms with Crippen molar-refractivity contribution in [1.29, 1.82) is 5.26 Å². The molecule has 4 heteroatoms. The maximum Gasteiger partial charge on any atom is 0.300 e. The molecule has 1 N–H and O–H groups in total. The lowest BCUT2D eigenvalue weighted by atomic mass is 10.6. The van der Waals surface area contributed by atoms with Crippen LogP contribution in [0.15, 0.2) is 10.6 Å². The van der Waals surface area contributed by atoms with Crippen LogP contribution in [0.2, 0.25) is 0 Å². The van der Waals surface area contributed by atoms with Crippen LogP contribution in [0.3, 0.4) is 0 Å². The summed E-state index contributed by atoms with van der Waals surface area (Å²) in [6.07, 6.45) is 1.32. The fourth-order valence-electron chi connectivity index (χ4n) is 0.432. The molecule has 9 heavy (non-hydrogen) atoms. The molecule has 0 unspecified atom stereocenters. The summed E-state index contributed by atoms with van der Waals surface area (Å²) in [4.78, 5) is 3.52. The number of hydrogen-bond acceptors (Lipinski definition) is 4. The standard InChI is InChI=1S/C5H4N2O2/c6-1-5-7-2-4(3-8)9-5/h2,8H,3H2. The largest absolute Gasteiger partial charge is 0.431 e. The molecule has 0 saturated heterocycles. The van der Waals surface area contributed by atoms with Gasteiger partial charge in [0.25, 0.3) is 0 Å². The first-order valence-corrected chi connectivity index (χ1v) is 2.32. The molecule has 1 aromatic heterocycles. The first-order chi connectivity index (χ1) is 4.36. The Labute approximate surface area is 51.4 Å². The highest BCUT2D eigenvalue weighted by Crippen LogP contribution is 2.00. The molecule has 0 saturated carbocycles. The molecule has 0 atom stereocenters. The molecule has 0 radical (unpaired) electrons. The van der Waals surface area contributed by atoms with Crippen molar-refractivity contribution in [2.24, 2.45) is 0 Å². The average Bonchev–Trinajstić information content (AvgIpc) is 2.34. The maximum absolute atomic E-state index is 8.40. The molecule has 0 aromatic carbocycles. The Hall–Kier alpha value is -1.34. The fourth-order valence-corrected chi connectivity index (χ4v) is 0.432. The number of aliphatic hydroxyl groups is 1. The van der Waals surface area contributed by atoms with Gasteiger partial charge in [0.05, 0.1) is 6.20 Å². The number of nitriles is 1. The molecule has 0 amide bonds. The van der Waals surface area contributed by atoms with Crippen LogP contribution >= 0.6 is 0 Å². The molecule has 0 bridgehead atoms. The van der Waals surface area contributed by atoms with E-state index in [0.717, 1.165) is 0 Å². The minimum Gasteiger partial charge on any atom is -0.431 e. The van der Waals surface area contributed by atoms with Gasteiger partial charge < -0.3 is 9.52 Å². The number of aromatic nitrogens is 1. The van der Waals surface area contributed by atoms with Crippen LogP contribution in [0, 0.1) is 11.3 Å². The quantitative estimate of drug-likeness (QED) is 0.573. The first kappa shape index (κ1) is 5.79. The Morgan fingerprint density at radius 3 is 3.00 bits per heavy atom.